The molecule has 0 radical (unpaired) electrons. The number of nitrogens with one attached hydrogen (secondary N) is 2. The number of ether oxygens (including phenoxy) is 1. The number of amides is 1. The minimum absolute atomic E-state index is 0.0714. The fourth-order valence-electron chi connectivity index (χ4n) is 3.67. The maximum Gasteiger partial charge on any atom is 0.241 e. The van der Waals surface area contributed by atoms with Gasteiger partial charge in [-0.05, 0) is 54.3 Å². The lowest BCUT2D eigenvalue weighted by Gasteiger charge is -2.19. The predicted molar refractivity (Wildman–Crippen MR) is 137 cm³/mol. The molecule has 8 heteroatoms. The molecule has 0 saturated heterocycles. The van der Waals surface area contributed by atoms with Gasteiger partial charge < -0.3 is 10.1 Å². The number of hydrogen-bond acceptors (Lipinski definition) is 7. The van der Waals surface area contributed by atoms with Gasteiger partial charge in [-0.1, -0.05) is 30.3 Å². The molecular formula is C27H26N4O3S. The molecule has 0 spiro atoms. The van der Waals surface area contributed by atoms with Crippen LogP contribution in [0.3, 0.4) is 0 Å². The number of rotatable bonds is 11. The molecule has 2 heterocycles. The Bertz CT molecular complexity index is 1260. The highest BCUT2D eigenvalue weighted by atomic mass is 32.1. The van der Waals surface area contributed by atoms with Crippen LogP contribution in [-0.2, 0) is 22.6 Å². The van der Waals surface area contributed by atoms with Crippen molar-refractivity contribution >= 4 is 29.2 Å². The molecule has 0 fully saturated rings. The van der Waals surface area contributed by atoms with Crippen LogP contribution in [0.25, 0.3) is 11.1 Å². The minimum Gasteiger partial charge on any atom is -0.486 e. The Morgan fingerprint density at radius 3 is 2.69 bits per heavy atom. The Morgan fingerprint density at radius 1 is 1.09 bits per heavy atom. The number of carbonyl (C=O) groups is 2. The number of carbonyl (C=O) groups excluding carboxylic acids is 2. The Hall–Kier alpha value is -3.88. The van der Waals surface area contributed by atoms with E-state index in [0.717, 1.165) is 28.1 Å². The van der Waals surface area contributed by atoms with E-state index in [1.54, 1.807) is 17.8 Å². The number of nitrogens with zero attached hydrogens (tertiary/aromatic N) is 2. The van der Waals surface area contributed by atoms with Crippen molar-refractivity contribution in [3.63, 3.8) is 0 Å². The fraction of sp³-hybridized carbons (Fsp3) is 0.185. The predicted octanol–water partition coefficient (Wildman–Crippen LogP) is 4.43. The van der Waals surface area contributed by atoms with Gasteiger partial charge in [-0.2, -0.15) is 0 Å². The van der Waals surface area contributed by atoms with Gasteiger partial charge in [0.15, 0.2) is 6.29 Å². The van der Waals surface area contributed by atoms with Crippen LogP contribution in [0, 0.1) is 6.92 Å². The standard InChI is InChI=1S/C27H26N4O3S/c1-19-11-21(7-8-28-19)22-13-23(15-25(14-22)34-10-9-32)31-27(33)26(12-20-5-3-2-4-6-20)29-16-24-17-35-18-30-24/h2-9,11,13-15,17-18,26,29H,10,12,16H2,1H3,(H,31,33)/t26-/m0/s1. The fourth-order valence-corrected chi connectivity index (χ4v) is 4.22. The molecule has 7 nitrogen and oxygen atoms in total. The van der Waals surface area contributed by atoms with E-state index in [1.165, 1.54) is 11.3 Å². The lowest BCUT2D eigenvalue weighted by atomic mass is 10.0. The van der Waals surface area contributed by atoms with Crippen LogP contribution in [0.2, 0.25) is 0 Å². The maximum absolute atomic E-state index is 13.4. The number of aryl methyl sites for hydroxylation is 1. The molecule has 1 atom stereocenters. The van der Waals surface area contributed by atoms with E-state index in [4.69, 9.17) is 4.74 Å². The number of benzene rings is 2. The third-order valence-electron chi connectivity index (χ3n) is 5.33. The summed E-state index contributed by atoms with van der Waals surface area (Å²) in [4.78, 5) is 32.8. The van der Waals surface area contributed by atoms with E-state index >= 15 is 0 Å². The third kappa shape index (κ3) is 7.05. The third-order valence-corrected chi connectivity index (χ3v) is 5.97. The van der Waals surface area contributed by atoms with Gasteiger partial charge in [-0.15, -0.1) is 11.3 Å². The first-order valence-electron chi connectivity index (χ1n) is 11.2. The summed E-state index contributed by atoms with van der Waals surface area (Å²) < 4.78 is 5.56. The van der Waals surface area contributed by atoms with Crippen molar-refractivity contribution in [2.75, 3.05) is 11.9 Å². The summed E-state index contributed by atoms with van der Waals surface area (Å²) in [6, 6.07) is 18.7. The zero-order valence-electron chi connectivity index (χ0n) is 19.3. The average molecular weight is 487 g/mol. The highest BCUT2D eigenvalue weighted by Gasteiger charge is 2.20. The lowest BCUT2D eigenvalue weighted by molar-refractivity contribution is -0.118. The van der Waals surface area contributed by atoms with E-state index in [-0.39, 0.29) is 12.5 Å². The van der Waals surface area contributed by atoms with Crippen LogP contribution < -0.4 is 15.4 Å². The van der Waals surface area contributed by atoms with E-state index in [9.17, 15) is 9.59 Å². The number of pyridine rings is 1. The molecule has 0 aliphatic heterocycles. The highest BCUT2D eigenvalue weighted by molar-refractivity contribution is 7.07. The summed E-state index contributed by atoms with van der Waals surface area (Å²) in [5.74, 6) is 0.322. The second-order valence-corrected chi connectivity index (χ2v) is 8.72. The molecule has 0 aliphatic rings. The quantitative estimate of drug-likeness (QED) is 0.305. The highest BCUT2D eigenvalue weighted by Crippen LogP contribution is 2.29. The van der Waals surface area contributed by atoms with Gasteiger partial charge >= 0.3 is 0 Å². The molecule has 0 saturated carbocycles. The number of anilines is 1. The van der Waals surface area contributed by atoms with E-state index in [1.807, 2.05) is 66.9 Å². The van der Waals surface area contributed by atoms with Gasteiger partial charge in [0.1, 0.15) is 12.4 Å². The molecule has 1 amide bonds. The van der Waals surface area contributed by atoms with E-state index < -0.39 is 6.04 Å². The molecule has 0 unspecified atom stereocenters. The number of hydrogen-bond donors (Lipinski definition) is 2. The maximum atomic E-state index is 13.4. The van der Waals surface area contributed by atoms with Crippen LogP contribution in [0.4, 0.5) is 5.69 Å². The zero-order chi connectivity index (χ0) is 24.5. The SMILES string of the molecule is Cc1cc(-c2cc(NC(=O)[C@H](Cc3ccccc3)NCc3cscn3)cc(OCC=O)c2)ccn1. The lowest BCUT2D eigenvalue weighted by Crippen LogP contribution is -2.41. The summed E-state index contributed by atoms with van der Waals surface area (Å²) in [5.41, 5.74) is 6.96. The second kappa shape index (κ2) is 12.0. The van der Waals surface area contributed by atoms with Crippen LogP contribution in [0.5, 0.6) is 5.75 Å². The first kappa shape index (κ1) is 24.3. The number of aromatic nitrogens is 2. The summed E-state index contributed by atoms with van der Waals surface area (Å²) in [6.07, 6.45) is 2.95. The van der Waals surface area contributed by atoms with Crippen molar-refractivity contribution in [1.82, 2.24) is 15.3 Å². The van der Waals surface area contributed by atoms with Crippen molar-refractivity contribution in [1.29, 1.82) is 0 Å². The summed E-state index contributed by atoms with van der Waals surface area (Å²) >= 11 is 1.52. The van der Waals surface area contributed by atoms with Crippen LogP contribution in [0.15, 0.2) is 77.8 Å². The Balaban J connectivity index is 1.58. The molecule has 4 aromatic rings. The van der Waals surface area contributed by atoms with Gasteiger partial charge in [0.05, 0.1) is 17.2 Å². The molecule has 2 aromatic carbocycles. The van der Waals surface area contributed by atoms with Crippen molar-refractivity contribution in [3.8, 4) is 16.9 Å². The van der Waals surface area contributed by atoms with Gasteiger partial charge in [0, 0.05) is 35.6 Å². The topological polar surface area (TPSA) is 93.2 Å². The van der Waals surface area contributed by atoms with E-state index in [2.05, 4.69) is 20.6 Å². The van der Waals surface area contributed by atoms with Crippen molar-refractivity contribution in [3.05, 3.63) is 94.7 Å². The zero-order valence-corrected chi connectivity index (χ0v) is 20.1. The first-order chi connectivity index (χ1) is 17.1. The van der Waals surface area contributed by atoms with Crippen molar-refractivity contribution in [2.45, 2.75) is 25.9 Å². The number of aldehydes is 1. The molecule has 0 bridgehead atoms. The molecule has 4 rings (SSSR count). The van der Waals surface area contributed by atoms with Crippen LogP contribution in [0.1, 0.15) is 17.0 Å². The van der Waals surface area contributed by atoms with Gasteiger partial charge in [-0.3, -0.25) is 19.9 Å². The summed E-state index contributed by atoms with van der Waals surface area (Å²) in [6.45, 7) is 2.33. The van der Waals surface area contributed by atoms with Gasteiger partial charge in [-0.25, -0.2) is 4.98 Å². The largest absolute Gasteiger partial charge is 0.486 e. The van der Waals surface area contributed by atoms with E-state index in [0.29, 0.717) is 30.7 Å². The summed E-state index contributed by atoms with van der Waals surface area (Å²) in [7, 11) is 0. The smallest absolute Gasteiger partial charge is 0.241 e. The first-order valence-corrected chi connectivity index (χ1v) is 12.1. The molecule has 2 aromatic heterocycles. The molecular weight excluding hydrogens is 460 g/mol. The van der Waals surface area contributed by atoms with Crippen molar-refractivity contribution in [2.24, 2.45) is 0 Å². The molecule has 2 N–H and O–H groups in total. The number of thiazole rings is 1. The Labute approximate surface area is 208 Å². The van der Waals surface area contributed by atoms with Crippen molar-refractivity contribution < 1.29 is 14.3 Å². The molecule has 178 valence electrons. The van der Waals surface area contributed by atoms with Gasteiger partial charge in [0.2, 0.25) is 5.91 Å². The molecule has 0 aliphatic carbocycles. The summed E-state index contributed by atoms with van der Waals surface area (Å²) in [5, 5.41) is 8.33. The van der Waals surface area contributed by atoms with Crippen LogP contribution in [-0.4, -0.2) is 34.8 Å². The minimum atomic E-state index is -0.481. The Kier molecular flexibility index (Phi) is 8.32. The van der Waals surface area contributed by atoms with Crippen LogP contribution >= 0.6 is 11.3 Å². The monoisotopic (exact) mass is 486 g/mol. The average Bonchev–Trinajstić information content (AvgIpc) is 3.39. The second-order valence-electron chi connectivity index (χ2n) is 8.00. The normalized spacial score (nSPS) is 11.6. The molecule has 35 heavy (non-hydrogen) atoms. The van der Waals surface area contributed by atoms with Gasteiger partial charge in [0.25, 0.3) is 0 Å². The Morgan fingerprint density at radius 2 is 1.94 bits per heavy atom.